The van der Waals surface area contributed by atoms with Gasteiger partial charge < -0.3 is 30.4 Å². The van der Waals surface area contributed by atoms with Crippen molar-refractivity contribution < 1.29 is 38.6 Å². The molecule has 0 aromatic rings. The van der Waals surface area contributed by atoms with Crippen LogP contribution in [0.2, 0.25) is 0 Å². The molecule has 0 radical (unpaired) electrons. The summed E-state index contributed by atoms with van der Waals surface area (Å²) in [6, 6.07) is -1.61. The van der Waals surface area contributed by atoms with Crippen LogP contribution in [0.25, 0.3) is 0 Å². The van der Waals surface area contributed by atoms with E-state index in [1.54, 1.807) is 0 Å². The van der Waals surface area contributed by atoms with Crippen LogP contribution in [0.1, 0.15) is 6.92 Å². The zero-order valence-corrected chi connectivity index (χ0v) is 11.2. The Morgan fingerprint density at radius 2 is 1.50 bits per heavy atom. The van der Waals surface area contributed by atoms with E-state index in [9.17, 15) is 19.0 Å². The summed E-state index contributed by atoms with van der Waals surface area (Å²) in [5, 5.41) is 9.30. The molecule has 0 heterocycles. The molecule has 0 rings (SSSR count). The number of hydrogen-bond acceptors (Lipinski definition) is 5. The molecular formula is C6H16N2O8P2. The summed E-state index contributed by atoms with van der Waals surface area (Å²) in [6.45, 7) is 1.11. The highest BCUT2D eigenvalue weighted by molar-refractivity contribution is 7.52. The molecule has 0 aliphatic carbocycles. The van der Waals surface area contributed by atoms with Crippen LogP contribution >= 0.6 is 15.2 Å². The van der Waals surface area contributed by atoms with Crippen LogP contribution in [0.4, 0.5) is 0 Å². The number of rotatable bonds is 7. The fourth-order valence-electron chi connectivity index (χ4n) is 1.42. The normalized spacial score (nSPS) is 16.6. The van der Waals surface area contributed by atoms with Crippen LogP contribution in [0, 0.1) is 0 Å². The minimum absolute atomic E-state index is 0.481. The SMILES string of the molecule is C[C@@H](O)[C@@H](C(N)=O)N(CP(=O)(O)O)CP(=O)(O)O. The van der Waals surface area contributed by atoms with Crippen molar-refractivity contribution in [3.8, 4) is 0 Å². The van der Waals surface area contributed by atoms with Crippen LogP contribution in [0.5, 0.6) is 0 Å². The lowest BCUT2D eigenvalue weighted by atomic mass is 10.1. The molecule has 0 unspecified atom stereocenters. The third-order valence-electron chi connectivity index (χ3n) is 1.87. The van der Waals surface area contributed by atoms with E-state index in [2.05, 4.69) is 0 Å². The maximum atomic E-state index is 11.1. The molecule has 1 amide bonds. The molecule has 0 saturated carbocycles. The first kappa shape index (κ1) is 17.7. The van der Waals surface area contributed by atoms with E-state index in [4.69, 9.17) is 25.3 Å². The smallest absolute Gasteiger partial charge is 0.339 e. The van der Waals surface area contributed by atoms with Crippen LogP contribution in [-0.2, 0) is 13.9 Å². The lowest BCUT2D eigenvalue weighted by Gasteiger charge is -2.31. The first-order valence-corrected chi connectivity index (χ1v) is 8.23. The summed E-state index contributed by atoms with van der Waals surface area (Å²) in [4.78, 5) is 46.7. The topological polar surface area (TPSA) is 182 Å². The van der Waals surface area contributed by atoms with E-state index in [1.807, 2.05) is 0 Å². The van der Waals surface area contributed by atoms with Crippen molar-refractivity contribution in [2.24, 2.45) is 5.73 Å². The lowest BCUT2D eigenvalue weighted by Crippen LogP contribution is -2.51. The van der Waals surface area contributed by atoms with Crippen molar-refractivity contribution in [1.29, 1.82) is 0 Å². The van der Waals surface area contributed by atoms with E-state index >= 15 is 0 Å². The van der Waals surface area contributed by atoms with E-state index < -0.39 is 45.8 Å². The van der Waals surface area contributed by atoms with Crippen LogP contribution in [-0.4, -0.2) is 60.2 Å². The standard InChI is InChI=1S/C6H16N2O8P2/c1-4(9)5(6(7)10)8(2-17(11,12)13)3-18(14,15)16/h4-5,9H,2-3H2,1H3,(H2,7,10)(H2,11,12,13)(H2,14,15,16)/t4-,5+/m1/s1. The van der Waals surface area contributed by atoms with Crippen molar-refractivity contribution in [2.45, 2.75) is 19.1 Å². The number of amides is 1. The van der Waals surface area contributed by atoms with E-state index in [1.165, 1.54) is 0 Å². The number of carbonyl (C=O) groups excluding carboxylic acids is 1. The quantitative estimate of drug-likeness (QED) is 0.284. The Labute approximate surface area is 103 Å². The maximum absolute atomic E-state index is 11.1. The van der Waals surface area contributed by atoms with E-state index in [0.717, 1.165) is 6.92 Å². The molecule has 0 aromatic carbocycles. The van der Waals surface area contributed by atoms with Crippen molar-refractivity contribution in [3.63, 3.8) is 0 Å². The summed E-state index contributed by atoms with van der Waals surface area (Å²) in [6.07, 6.45) is -3.65. The molecule has 108 valence electrons. The fourth-order valence-corrected chi connectivity index (χ4v) is 3.07. The van der Waals surface area contributed by atoms with E-state index in [0.29, 0.717) is 4.90 Å². The van der Waals surface area contributed by atoms with Crippen molar-refractivity contribution in [2.75, 3.05) is 12.6 Å². The van der Waals surface area contributed by atoms with Crippen LogP contribution in [0.3, 0.4) is 0 Å². The molecule has 18 heavy (non-hydrogen) atoms. The van der Waals surface area contributed by atoms with Gasteiger partial charge in [-0.2, -0.15) is 0 Å². The number of primary amides is 1. The van der Waals surface area contributed by atoms with Crippen molar-refractivity contribution in [1.82, 2.24) is 4.90 Å². The lowest BCUT2D eigenvalue weighted by molar-refractivity contribution is -0.126. The number of carbonyl (C=O) groups is 1. The average Bonchev–Trinajstić information content (AvgIpc) is 1.93. The minimum atomic E-state index is -4.68. The molecule has 12 heteroatoms. The van der Waals surface area contributed by atoms with E-state index in [-0.39, 0.29) is 0 Å². The molecule has 2 atom stereocenters. The molecule has 0 bridgehead atoms. The molecule has 0 aliphatic rings. The van der Waals surface area contributed by atoms with Gasteiger partial charge in [0.2, 0.25) is 5.91 Å². The van der Waals surface area contributed by atoms with Crippen molar-refractivity contribution in [3.05, 3.63) is 0 Å². The van der Waals surface area contributed by atoms with Gasteiger partial charge in [-0.15, -0.1) is 0 Å². The van der Waals surface area contributed by atoms with Gasteiger partial charge in [-0.25, -0.2) is 0 Å². The Bertz CT molecular complexity index is 363. The number of nitrogens with zero attached hydrogens (tertiary/aromatic N) is 1. The Morgan fingerprint density at radius 1 is 1.17 bits per heavy atom. The number of aliphatic hydroxyl groups excluding tert-OH is 1. The fraction of sp³-hybridized carbons (Fsp3) is 0.833. The van der Waals surface area contributed by atoms with Gasteiger partial charge in [0.05, 0.1) is 6.10 Å². The van der Waals surface area contributed by atoms with Gasteiger partial charge in [0.1, 0.15) is 18.6 Å². The molecule has 0 fully saturated rings. The molecule has 10 nitrogen and oxygen atoms in total. The zero-order valence-electron chi connectivity index (χ0n) is 9.45. The maximum Gasteiger partial charge on any atom is 0.339 e. The van der Waals surface area contributed by atoms with Crippen molar-refractivity contribution >= 4 is 21.1 Å². The Hall–Kier alpha value is -0.310. The molecule has 0 aliphatic heterocycles. The third kappa shape index (κ3) is 7.20. The number of hydrogen-bond donors (Lipinski definition) is 6. The summed E-state index contributed by atoms with van der Waals surface area (Å²) < 4.78 is 21.7. The van der Waals surface area contributed by atoms with Gasteiger partial charge in [-0.3, -0.25) is 18.8 Å². The van der Waals surface area contributed by atoms with Gasteiger partial charge in [-0.05, 0) is 6.92 Å². The second kappa shape index (κ2) is 6.23. The highest BCUT2D eigenvalue weighted by Crippen LogP contribution is 2.41. The Morgan fingerprint density at radius 3 is 1.67 bits per heavy atom. The predicted octanol–water partition coefficient (Wildman–Crippen LogP) is -2.21. The number of nitrogens with two attached hydrogens (primary N) is 1. The highest BCUT2D eigenvalue weighted by Gasteiger charge is 2.36. The molecule has 0 saturated heterocycles. The third-order valence-corrected chi connectivity index (χ3v) is 3.34. The summed E-state index contributed by atoms with van der Waals surface area (Å²) in [7, 11) is -9.35. The zero-order chi connectivity index (χ0) is 14.7. The van der Waals surface area contributed by atoms with Crippen LogP contribution < -0.4 is 5.73 Å². The van der Waals surface area contributed by atoms with Gasteiger partial charge in [0.25, 0.3) is 0 Å². The van der Waals surface area contributed by atoms with Gasteiger partial charge in [0, 0.05) is 0 Å². The monoisotopic (exact) mass is 306 g/mol. The molecule has 0 aromatic heterocycles. The Balaban J connectivity index is 5.23. The second-order valence-corrected chi connectivity index (χ2v) is 7.01. The highest BCUT2D eigenvalue weighted by atomic mass is 31.2. The summed E-state index contributed by atoms with van der Waals surface area (Å²) in [5.74, 6) is -1.15. The number of aliphatic hydroxyl groups is 1. The Kier molecular flexibility index (Phi) is 6.12. The van der Waals surface area contributed by atoms with Gasteiger partial charge >= 0.3 is 15.2 Å². The average molecular weight is 306 g/mol. The molecule has 7 N–H and O–H groups in total. The first-order chi connectivity index (χ1) is 7.83. The predicted molar refractivity (Wildman–Crippen MR) is 60.3 cm³/mol. The van der Waals surface area contributed by atoms with Gasteiger partial charge in [0.15, 0.2) is 0 Å². The summed E-state index contributed by atoms with van der Waals surface area (Å²) >= 11 is 0. The van der Waals surface area contributed by atoms with Gasteiger partial charge in [-0.1, -0.05) is 0 Å². The molecular weight excluding hydrogens is 290 g/mol. The first-order valence-electron chi connectivity index (χ1n) is 4.64. The van der Waals surface area contributed by atoms with Crippen LogP contribution in [0.15, 0.2) is 0 Å². The second-order valence-electron chi connectivity index (χ2n) is 3.79. The summed E-state index contributed by atoms with van der Waals surface area (Å²) in [5.41, 5.74) is 4.93. The molecule has 0 spiro atoms. The largest absolute Gasteiger partial charge is 0.391 e. The minimum Gasteiger partial charge on any atom is -0.391 e.